The fourth-order valence-corrected chi connectivity index (χ4v) is 1.79. The molecule has 6 heteroatoms. The molecule has 0 saturated heterocycles. The van der Waals surface area contributed by atoms with Crippen molar-refractivity contribution in [3.05, 3.63) is 30.0 Å². The molecule has 0 aliphatic heterocycles. The van der Waals surface area contributed by atoms with Gasteiger partial charge in [0.25, 0.3) is 0 Å². The van der Waals surface area contributed by atoms with E-state index in [9.17, 15) is 4.79 Å². The number of anilines is 1. The van der Waals surface area contributed by atoms with Crippen LogP contribution in [0.25, 0.3) is 10.9 Å². The Morgan fingerprint density at radius 2 is 2.16 bits per heavy atom. The number of amides is 1. The molecule has 0 aliphatic carbocycles. The number of carbonyl (C=O) groups excluding carboxylic acids is 1. The molecule has 1 aromatic carbocycles. The molecule has 0 bridgehead atoms. The zero-order valence-corrected chi connectivity index (χ0v) is 10.3. The van der Waals surface area contributed by atoms with E-state index in [-0.39, 0.29) is 11.6 Å². The first-order valence-corrected chi connectivity index (χ1v) is 5.90. The van der Waals surface area contributed by atoms with Crippen LogP contribution < -0.4 is 11.1 Å². The van der Waals surface area contributed by atoms with Gasteiger partial charge in [-0.2, -0.15) is 5.26 Å². The Balaban J connectivity index is 2.24. The van der Waals surface area contributed by atoms with Gasteiger partial charge >= 0.3 is 0 Å². The van der Waals surface area contributed by atoms with Crippen LogP contribution in [0.5, 0.6) is 0 Å². The second kappa shape index (κ2) is 5.78. The highest BCUT2D eigenvalue weighted by Gasteiger charge is 2.09. The van der Waals surface area contributed by atoms with Crippen molar-refractivity contribution in [3.63, 3.8) is 0 Å². The number of nitrogens with two attached hydrogens (primary N) is 1. The lowest BCUT2D eigenvalue weighted by molar-refractivity contribution is -0.118. The minimum atomic E-state index is -0.333. The van der Waals surface area contributed by atoms with Crippen molar-refractivity contribution in [2.45, 2.75) is 12.8 Å². The van der Waals surface area contributed by atoms with Crippen molar-refractivity contribution in [2.75, 3.05) is 11.9 Å². The van der Waals surface area contributed by atoms with Crippen molar-refractivity contribution in [1.29, 1.82) is 5.26 Å². The van der Waals surface area contributed by atoms with E-state index in [1.165, 1.54) is 0 Å². The molecular formula is C13H13N5O. The largest absolute Gasteiger partial charge is 0.382 e. The number of nitrogens with one attached hydrogen (secondary N) is 1. The Morgan fingerprint density at radius 1 is 1.37 bits per heavy atom. The normalized spacial score (nSPS) is 10.1. The van der Waals surface area contributed by atoms with Gasteiger partial charge < -0.3 is 11.1 Å². The second-order valence-corrected chi connectivity index (χ2v) is 4.05. The maximum Gasteiger partial charge on any atom is 0.217 e. The van der Waals surface area contributed by atoms with E-state index in [1.807, 2.05) is 30.3 Å². The lowest BCUT2D eigenvalue weighted by Gasteiger charge is -2.09. The van der Waals surface area contributed by atoms with Crippen molar-refractivity contribution in [2.24, 2.45) is 5.73 Å². The van der Waals surface area contributed by atoms with Crippen LogP contribution in [0.3, 0.4) is 0 Å². The summed E-state index contributed by atoms with van der Waals surface area (Å²) in [6, 6.07) is 9.45. The molecule has 0 saturated carbocycles. The quantitative estimate of drug-likeness (QED) is 0.780. The van der Waals surface area contributed by atoms with Gasteiger partial charge in [0.15, 0.2) is 5.69 Å². The second-order valence-electron chi connectivity index (χ2n) is 4.05. The summed E-state index contributed by atoms with van der Waals surface area (Å²) in [5.74, 6) is -0.333. The van der Waals surface area contributed by atoms with Crippen LogP contribution in [0.4, 0.5) is 5.69 Å². The Bertz CT molecular complexity index is 647. The number of carbonyl (C=O) groups is 1. The highest BCUT2D eigenvalue weighted by atomic mass is 16.1. The molecule has 0 radical (unpaired) electrons. The summed E-state index contributed by atoms with van der Waals surface area (Å²) in [5, 5.41) is 20.9. The summed E-state index contributed by atoms with van der Waals surface area (Å²) in [4.78, 5) is 10.7. The van der Waals surface area contributed by atoms with Gasteiger partial charge in [0, 0.05) is 18.4 Å². The standard InChI is InChI=1S/C13H13N5O/c14-8-11-13(16-7-3-6-12(15)19)9-4-1-2-5-10(9)17-18-11/h1-2,4-5H,3,6-7H2,(H2,15,19)(H,16,17). The van der Waals surface area contributed by atoms with Gasteiger partial charge in [-0.1, -0.05) is 18.2 Å². The van der Waals surface area contributed by atoms with Crippen LogP contribution >= 0.6 is 0 Å². The van der Waals surface area contributed by atoms with Crippen molar-refractivity contribution in [1.82, 2.24) is 10.2 Å². The SMILES string of the molecule is N#Cc1nnc2ccccc2c1NCCCC(N)=O. The first kappa shape index (κ1) is 12.8. The van der Waals surface area contributed by atoms with Crippen molar-refractivity contribution >= 4 is 22.5 Å². The maximum atomic E-state index is 10.7. The molecule has 1 heterocycles. The number of nitriles is 1. The van der Waals surface area contributed by atoms with Crippen LogP contribution in [-0.2, 0) is 4.79 Å². The molecule has 2 aromatic rings. The van der Waals surface area contributed by atoms with Crippen LogP contribution in [0, 0.1) is 11.3 Å². The van der Waals surface area contributed by atoms with E-state index < -0.39 is 0 Å². The van der Waals surface area contributed by atoms with Gasteiger partial charge in [-0.05, 0) is 12.5 Å². The van der Waals surface area contributed by atoms with Crippen LogP contribution in [0.1, 0.15) is 18.5 Å². The number of benzene rings is 1. The fraction of sp³-hybridized carbons (Fsp3) is 0.231. The third-order valence-electron chi connectivity index (χ3n) is 2.68. The minimum absolute atomic E-state index is 0.248. The molecule has 0 fully saturated rings. The van der Waals surface area contributed by atoms with E-state index in [1.54, 1.807) is 0 Å². The molecule has 6 nitrogen and oxygen atoms in total. The monoisotopic (exact) mass is 255 g/mol. The van der Waals surface area contributed by atoms with Crippen LogP contribution in [0.15, 0.2) is 24.3 Å². The lowest BCUT2D eigenvalue weighted by Crippen LogP contribution is -2.13. The zero-order chi connectivity index (χ0) is 13.7. The molecule has 1 amide bonds. The number of nitrogens with zero attached hydrogens (tertiary/aromatic N) is 3. The van der Waals surface area contributed by atoms with Gasteiger partial charge in [-0.15, -0.1) is 10.2 Å². The van der Waals surface area contributed by atoms with Crippen LogP contribution in [-0.4, -0.2) is 22.6 Å². The number of hydrogen-bond donors (Lipinski definition) is 2. The van der Waals surface area contributed by atoms with Gasteiger partial charge in [0.1, 0.15) is 6.07 Å². The van der Waals surface area contributed by atoms with Crippen molar-refractivity contribution in [3.8, 4) is 6.07 Å². The predicted molar refractivity (Wildman–Crippen MR) is 71.2 cm³/mol. The first-order valence-electron chi connectivity index (χ1n) is 5.90. The highest BCUT2D eigenvalue weighted by molar-refractivity contribution is 5.92. The van der Waals surface area contributed by atoms with Gasteiger partial charge in [-0.3, -0.25) is 4.79 Å². The Morgan fingerprint density at radius 3 is 2.89 bits per heavy atom. The van der Waals surface area contributed by atoms with E-state index in [0.717, 1.165) is 10.9 Å². The fourth-order valence-electron chi connectivity index (χ4n) is 1.79. The Labute approximate surface area is 110 Å². The number of hydrogen-bond acceptors (Lipinski definition) is 5. The number of rotatable bonds is 5. The minimum Gasteiger partial charge on any atom is -0.382 e. The molecule has 19 heavy (non-hydrogen) atoms. The van der Waals surface area contributed by atoms with Crippen molar-refractivity contribution < 1.29 is 4.79 Å². The molecular weight excluding hydrogens is 242 g/mol. The summed E-state index contributed by atoms with van der Waals surface area (Å²) in [6.45, 7) is 0.549. The summed E-state index contributed by atoms with van der Waals surface area (Å²) >= 11 is 0. The average molecular weight is 255 g/mol. The molecule has 0 atom stereocenters. The third kappa shape index (κ3) is 2.96. The summed E-state index contributed by atoms with van der Waals surface area (Å²) < 4.78 is 0. The molecule has 3 N–H and O–H groups in total. The van der Waals surface area contributed by atoms with E-state index in [0.29, 0.717) is 25.1 Å². The zero-order valence-electron chi connectivity index (χ0n) is 10.3. The lowest BCUT2D eigenvalue weighted by atomic mass is 10.1. The van der Waals surface area contributed by atoms with Gasteiger partial charge in [0.05, 0.1) is 11.2 Å². The van der Waals surface area contributed by atoms with E-state index in [2.05, 4.69) is 15.5 Å². The molecule has 1 aromatic heterocycles. The third-order valence-corrected chi connectivity index (χ3v) is 2.68. The van der Waals surface area contributed by atoms with E-state index >= 15 is 0 Å². The van der Waals surface area contributed by atoms with Crippen LogP contribution in [0.2, 0.25) is 0 Å². The maximum absolute atomic E-state index is 10.7. The molecule has 96 valence electrons. The number of primary amides is 1. The summed E-state index contributed by atoms with van der Waals surface area (Å²) in [6.07, 6.45) is 0.919. The topological polar surface area (TPSA) is 105 Å². The Hall–Kier alpha value is -2.68. The molecule has 0 aliphatic rings. The number of fused-ring (bicyclic) bond motifs is 1. The van der Waals surface area contributed by atoms with Gasteiger partial charge in [0.2, 0.25) is 5.91 Å². The Kier molecular flexibility index (Phi) is 3.88. The molecule has 0 unspecified atom stereocenters. The van der Waals surface area contributed by atoms with Gasteiger partial charge in [-0.25, -0.2) is 0 Å². The predicted octanol–water partition coefficient (Wildman–Crippen LogP) is 1.18. The number of aromatic nitrogens is 2. The highest BCUT2D eigenvalue weighted by Crippen LogP contribution is 2.23. The molecule has 2 rings (SSSR count). The smallest absolute Gasteiger partial charge is 0.217 e. The molecule has 0 spiro atoms. The summed E-state index contributed by atoms with van der Waals surface area (Å²) in [7, 11) is 0. The summed E-state index contributed by atoms with van der Waals surface area (Å²) in [5.41, 5.74) is 6.70. The van der Waals surface area contributed by atoms with E-state index in [4.69, 9.17) is 11.0 Å². The first-order chi connectivity index (χ1) is 9.22. The average Bonchev–Trinajstić information content (AvgIpc) is 2.43.